The second kappa shape index (κ2) is 10.9. The van der Waals surface area contributed by atoms with E-state index in [9.17, 15) is 18.0 Å². The van der Waals surface area contributed by atoms with Gasteiger partial charge in [-0.05, 0) is 62.1 Å². The third-order valence-electron chi connectivity index (χ3n) is 6.79. The summed E-state index contributed by atoms with van der Waals surface area (Å²) in [4.78, 5) is 25.2. The number of carbonyl (C=O) groups excluding carboxylic acids is 1. The maximum Gasteiger partial charge on any atom is 0.265 e. The van der Waals surface area contributed by atoms with Crippen molar-refractivity contribution in [2.45, 2.75) is 35.3 Å². The van der Waals surface area contributed by atoms with E-state index in [1.807, 2.05) is 23.9 Å². The Morgan fingerprint density at radius 2 is 1.81 bits per heavy atom. The van der Waals surface area contributed by atoms with Gasteiger partial charge in [-0.2, -0.15) is 0 Å². The molecule has 3 aromatic rings. The van der Waals surface area contributed by atoms with Crippen molar-refractivity contribution >= 4 is 26.6 Å². The molecule has 2 N–H and O–H groups in total. The first-order valence-electron chi connectivity index (χ1n) is 11.9. The number of nitrogens with one attached hydrogen (secondary N) is 1. The highest BCUT2D eigenvalue weighted by molar-refractivity contribution is 7.93. The second-order valence-corrected chi connectivity index (χ2v) is 11.2. The molecule has 0 saturated carbocycles. The summed E-state index contributed by atoms with van der Waals surface area (Å²) in [6.07, 6.45) is 2.81. The molecule has 2 heterocycles. The first-order valence-corrected chi connectivity index (χ1v) is 13.4. The first-order chi connectivity index (χ1) is 17.7. The number of fused-ring (bicyclic) bond motifs is 1. The monoisotopic (exact) mass is 530 g/mol. The van der Waals surface area contributed by atoms with Crippen LogP contribution in [0.5, 0.6) is 11.5 Å². The van der Waals surface area contributed by atoms with Gasteiger partial charge in [0.1, 0.15) is 11.5 Å². The molecule has 0 aliphatic carbocycles. The fourth-order valence-corrected chi connectivity index (χ4v) is 6.59. The minimum atomic E-state index is -4.10. The van der Waals surface area contributed by atoms with Crippen molar-refractivity contribution in [2.24, 2.45) is 7.05 Å². The summed E-state index contributed by atoms with van der Waals surface area (Å²) >= 11 is 0. The molecule has 0 unspecified atom stereocenters. The summed E-state index contributed by atoms with van der Waals surface area (Å²) in [5.41, 5.74) is 2.94. The Hall–Kier alpha value is -3.41. The number of sulfone groups is 1. The maximum absolute atomic E-state index is 13.3. The first kappa shape index (κ1) is 26.6. The van der Waals surface area contributed by atoms with E-state index in [4.69, 9.17) is 19.4 Å². The lowest BCUT2D eigenvalue weighted by Crippen LogP contribution is -2.54. The van der Waals surface area contributed by atoms with Crippen LogP contribution < -0.4 is 20.4 Å². The van der Waals surface area contributed by atoms with Crippen LogP contribution in [0.25, 0.3) is 10.9 Å². The molecule has 11 heteroatoms. The lowest BCUT2D eigenvalue weighted by atomic mass is 9.98. The Bertz CT molecular complexity index is 1440. The third-order valence-corrected chi connectivity index (χ3v) is 9.31. The Labute approximate surface area is 214 Å². The zero-order valence-electron chi connectivity index (χ0n) is 20.7. The van der Waals surface area contributed by atoms with Gasteiger partial charge in [0.15, 0.2) is 20.0 Å². The molecular formula is C26H30N2O8S. The van der Waals surface area contributed by atoms with Gasteiger partial charge in [-0.1, -0.05) is 0 Å². The Balaban J connectivity index is 1.41. The molecule has 0 atom stereocenters. The van der Waals surface area contributed by atoms with Crippen molar-refractivity contribution in [1.82, 2.24) is 10.0 Å². The zero-order chi connectivity index (χ0) is 26.6. The van der Waals surface area contributed by atoms with Gasteiger partial charge in [0.05, 0.1) is 24.1 Å². The van der Waals surface area contributed by atoms with E-state index in [1.165, 1.54) is 29.7 Å². The summed E-state index contributed by atoms with van der Waals surface area (Å²) in [5.74, 6) is 0.183. The Kier molecular flexibility index (Phi) is 7.86. The number of aryl methyl sites for hydroxylation is 2. The van der Waals surface area contributed by atoms with E-state index in [2.05, 4.69) is 0 Å². The van der Waals surface area contributed by atoms with Gasteiger partial charge in [0.2, 0.25) is 0 Å². The van der Waals surface area contributed by atoms with Crippen LogP contribution in [0.15, 0.2) is 58.4 Å². The molecule has 0 bridgehead atoms. The van der Waals surface area contributed by atoms with Gasteiger partial charge in [0, 0.05) is 43.5 Å². The summed E-state index contributed by atoms with van der Waals surface area (Å²) < 4.78 is 43.0. The highest BCUT2D eigenvalue weighted by atomic mass is 32.2. The van der Waals surface area contributed by atoms with Crippen molar-refractivity contribution in [2.75, 3.05) is 26.9 Å². The number of hydrogen-bond acceptors (Lipinski definition) is 8. The summed E-state index contributed by atoms with van der Waals surface area (Å²) in [6.45, 7) is 0.523. The molecule has 0 spiro atoms. The van der Waals surface area contributed by atoms with Crippen molar-refractivity contribution in [3.05, 3.63) is 64.4 Å². The van der Waals surface area contributed by atoms with Crippen LogP contribution in [0.1, 0.15) is 24.8 Å². The molecular weight excluding hydrogens is 500 g/mol. The van der Waals surface area contributed by atoms with Gasteiger partial charge in [0.25, 0.3) is 5.91 Å². The van der Waals surface area contributed by atoms with E-state index < -0.39 is 20.5 Å². The second-order valence-electron chi connectivity index (χ2n) is 8.95. The SMILES string of the molecule is COc1ccc2c(=O)c(CCCOc3ccc(S(=O)(=O)C4(C(=O)NO)CCOCC4)cc3)cn(C)c2c1. The van der Waals surface area contributed by atoms with Crippen LogP contribution in [0.3, 0.4) is 0 Å². The molecule has 1 aliphatic heterocycles. The summed E-state index contributed by atoms with van der Waals surface area (Å²) in [7, 11) is -0.635. The largest absolute Gasteiger partial charge is 0.497 e. The van der Waals surface area contributed by atoms with Crippen LogP contribution in [0.2, 0.25) is 0 Å². The average molecular weight is 531 g/mol. The lowest BCUT2D eigenvalue weighted by Gasteiger charge is -2.34. The molecule has 37 heavy (non-hydrogen) atoms. The normalized spacial score (nSPS) is 15.3. The smallest absolute Gasteiger partial charge is 0.265 e. The number of hydroxylamine groups is 1. The van der Waals surface area contributed by atoms with Crippen LogP contribution in [0, 0.1) is 0 Å². The Morgan fingerprint density at radius 3 is 2.46 bits per heavy atom. The number of ether oxygens (including phenoxy) is 3. The number of methoxy groups -OCH3 is 1. The van der Waals surface area contributed by atoms with E-state index >= 15 is 0 Å². The number of aromatic nitrogens is 1. The van der Waals surface area contributed by atoms with Crippen LogP contribution in [-0.4, -0.2) is 55.8 Å². The van der Waals surface area contributed by atoms with Gasteiger partial charge in [-0.15, -0.1) is 0 Å². The minimum Gasteiger partial charge on any atom is -0.497 e. The molecule has 4 rings (SSSR count). The van der Waals surface area contributed by atoms with Crippen LogP contribution in [-0.2, 0) is 32.8 Å². The number of amides is 1. The molecule has 1 aliphatic rings. The quantitative estimate of drug-likeness (QED) is 0.245. The molecule has 2 aromatic carbocycles. The molecule has 1 saturated heterocycles. The third kappa shape index (κ3) is 5.07. The van der Waals surface area contributed by atoms with Crippen LogP contribution >= 0.6 is 0 Å². The highest BCUT2D eigenvalue weighted by Crippen LogP contribution is 2.35. The van der Waals surface area contributed by atoms with Crippen molar-refractivity contribution < 1.29 is 32.6 Å². The van der Waals surface area contributed by atoms with E-state index in [-0.39, 0.29) is 36.4 Å². The molecule has 1 aromatic heterocycles. The lowest BCUT2D eigenvalue weighted by molar-refractivity contribution is -0.134. The molecule has 198 valence electrons. The molecule has 1 fully saturated rings. The fourth-order valence-electron chi connectivity index (χ4n) is 4.65. The van der Waals surface area contributed by atoms with E-state index in [0.717, 1.165) is 5.52 Å². The molecule has 10 nitrogen and oxygen atoms in total. The number of carbonyl (C=O) groups is 1. The minimum absolute atomic E-state index is 0.0285. The van der Waals surface area contributed by atoms with Crippen molar-refractivity contribution in [1.29, 1.82) is 0 Å². The van der Waals surface area contributed by atoms with Gasteiger partial charge < -0.3 is 18.8 Å². The number of pyridine rings is 1. The number of rotatable bonds is 9. The average Bonchev–Trinajstić information content (AvgIpc) is 2.93. The number of benzene rings is 2. The molecule has 0 radical (unpaired) electrons. The predicted octanol–water partition coefficient (Wildman–Crippen LogP) is 2.39. The van der Waals surface area contributed by atoms with Crippen molar-refractivity contribution in [3.8, 4) is 11.5 Å². The standard InChI is InChI=1S/C26H30N2O8S/c1-28-17-18(24(29)22-10-7-20(34-2)16-23(22)28)4-3-13-36-19-5-8-21(9-6-19)37(32,33)26(25(30)27-31)11-14-35-15-12-26/h5-10,16-17,31H,3-4,11-15H2,1-2H3,(H,27,30). The van der Waals surface area contributed by atoms with Gasteiger partial charge in [-0.25, -0.2) is 13.9 Å². The van der Waals surface area contributed by atoms with E-state index in [1.54, 1.807) is 19.2 Å². The summed E-state index contributed by atoms with van der Waals surface area (Å²) in [6, 6.07) is 11.2. The van der Waals surface area contributed by atoms with E-state index in [0.29, 0.717) is 41.9 Å². The Morgan fingerprint density at radius 1 is 1.14 bits per heavy atom. The van der Waals surface area contributed by atoms with Gasteiger partial charge >= 0.3 is 0 Å². The van der Waals surface area contributed by atoms with Crippen molar-refractivity contribution in [3.63, 3.8) is 0 Å². The molecule has 1 amide bonds. The fraction of sp³-hybridized carbons (Fsp3) is 0.385. The maximum atomic E-state index is 13.3. The summed E-state index contributed by atoms with van der Waals surface area (Å²) in [5, 5.41) is 9.79. The topological polar surface area (TPSA) is 133 Å². The highest BCUT2D eigenvalue weighted by Gasteiger charge is 2.52. The van der Waals surface area contributed by atoms with Gasteiger partial charge in [-0.3, -0.25) is 14.8 Å². The number of hydrogen-bond donors (Lipinski definition) is 2. The number of nitrogens with zero attached hydrogens (tertiary/aromatic N) is 1. The predicted molar refractivity (Wildman–Crippen MR) is 136 cm³/mol. The zero-order valence-corrected chi connectivity index (χ0v) is 21.5. The van der Waals surface area contributed by atoms with Crippen LogP contribution in [0.4, 0.5) is 0 Å².